The first kappa shape index (κ1) is 20.1. The van der Waals surface area contributed by atoms with Crippen molar-refractivity contribution < 1.29 is 4.79 Å². The molecule has 1 saturated heterocycles. The Labute approximate surface area is 170 Å². The van der Waals surface area contributed by atoms with E-state index in [0.717, 1.165) is 60.4 Å². The summed E-state index contributed by atoms with van der Waals surface area (Å²) in [6.45, 7) is 6.77. The van der Waals surface area contributed by atoms with Crippen molar-refractivity contribution >= 4 is 34.2 Å². The monoisotopic (exact) mass is 406 g/mol. The topological polar surface area (TPSA) is 58.1 Å². The molecule has 1 fully saturated rings. The van der Waals surface area contributed by atoms with E-state index in [9.17, 15) is 4.79 Å². The van der Waals surface area contributed by atoms with Gasteiger partial charge < -0.3 is 10.2 Å². The summed E-state index contributed by atoms with van der Waals surface area (Å²) in [7, 11) is 0. The first-order valence-electron chi connectivity index (χ1n) is 9.61. The number of aromatic nitrogens is 2. The molecule has 0 bridgehead atoms. The van der Waals surface area contributed by atoms with Crippen LogP contribution in [0.2, 0.25) is 5.02 Å². The summed E-state index contributed by atoms with van der Waals surface area (Å²) < 4.78 is 4.50. The Morgan fingerprint density at radius 2 is 2.15 bits per heavy atom. The van der Waals surface area contributed by atoms with Crippen LogP contribution < -0.4 is 10.2 Å². The van der Waals surface area contributed by atoms with Crippen LogP contribution in [-0.2, 0) is 11.2 Å². The van der Waals surface area contributed by atoms with Crippen molar-refractivity contribution in [1.82, 2.24) is 14.7 Å². The highest BCUT2D eigenvalue weighted by atomic mass is 35.5. The molecule has 5 nitrogen and oxygen atoms in total. The van der Waals surface area contributed by atoms with Crippen LogP contribution in [0.4, 0.5) is 5.13 Å². The Morgan fingerprint density at radius 3 is 2.89 bits per heavy atom. The van der Waals surface area contributed by atoms with Crippen molar-refractivity contribution in [2.45, 2.75) is 39.5 Å². The summed E-state index contributed by atoms with van der Waals surface area (Å²) in [5, 5.41) is 4.74. The molecule has 0 aliphatic carbocycles. The molecule has 146 valence electrons. The van der Waals surface area contributed by atoms with Crippen LogP contribution in [0.1, 0.15) is 44.5 Å². The molecular weight excluding hydrogens is 380 g/mol. The Hall–Kier alpha value is -1.66. The molecule has 2 aromatic rings. The summed E-state index contributed by atoms with van der Waals surface area (Å²) >= 11 is 7.36. The molecule has 1 aromatic carbocycles. The van der Waals surface area contributed by atoms with Gasteiger partial charge in [0.2, 0.25) is 11.0 Å². The van der Waals surface area contributed by atoms with Gasteiger partial charge in [-0.2, -0.15) is 4.37 Å². The van der Waals surface area contributed by atoms with Crippen LogP contribution in [0.15, 0.2) is 24.3 Å². The van der Waals surface area contributed by atoms with Gasteiger partial charge in [-0.1, -0.05) is 37.6 Å². The van der Waals surface area contributed by atoms with Crippen LogP contribution in [0, 0.1) is 11.8 Å². The number of nitrogens with one attached hydrogen (secondary N) is 1. The second kappa shape index (κ2) is 9.51. The summed E-state index contributed by atoms with van der Waals surface area (Å²) in [6.07, 6.45) is 3.67. The summed E-state index contributed by atoms with van der Waals surface area (Å²) in [5.41, 5.74) is 1.14. The van der Waals surface area contributed by atoms with Gasteiger partial charge in [0, 0.05) is 42.6 Å². The van der Waals surface area contributed by atoms with Crippen LogP contribution in [0.25, 0.3) is 0 Å². The lowest BCUT2D eigenvalue weighted by atomic mass is 9.97. The zero-order chi connectivity index (χ0) is 19.2. The fourth-order valence-corrected chi connectivity index (χ4v) is 4.07. The first-order chi connectivity index (χ1) is 13.0. The van der Waals surface area contributed by atoms with Gasteiger partial charge >= 0.3 is 0 Å². The number of hydrogen-bond donors (Lipinski definition) is 1. The van der Waals surface area contributed by atoms with E-state index in [4.69, 9.17) is 16.6 Å². The van der Waals surface area contributed by atoms with Crippen LogP contribution in [-0.4, -0.2) is 34.9 Å². The molecule has 7 heteroatoms. The van der Waals surface area contributed by atoms with E-state index in [1.165, 1.54) is 11.5 Å². The predicted octanol–water partition coefficient (Wildman–Crippen LogP) is 4.16. The highest BCUT2D eigenvalue weighted by Gasteiger charge is 2.27. The molecule has 0 saturated carbocycles. The summed E-state index contributed by atoms with van der Waals surface area (Å²) in [5.74, 6) is 1.63. The summed E-state index contributed by atoms with van der Waals surface area (Å²) in [6, 6.07) is 7.78. The molecule has 1 unspecified atom stereocenters. The quantitative estimate of drug-likeness (QED) is 0.749. The van der Waals surface area contributed by atoms with Gasteiger partial charge in [-0.25, -0.2) is 4.98 Å². The third kappa shape index (κ3) is 5.91. The number of anilines is 1. The predicted molar refractivity (Wildman–Crippen MR) is 112 cm³/mol. The molecule has 1 amide bonds. The van der Waals surface area contributed by atoms with Gasteiger partial charge in [0.05, 0.1) is 5.92 Å². The third-order valence-corrected chi connectivity index (χ3v) is 5.88. The molecular formula is C20H27ClN4OS. The van der Waals surface area contributed by atoms with E-state index in [1.54, 1.807) is 0 Å². The van der Waals surface area contributed by atoms with Crippen molar-refractivity contribution in [3.8, 4) is 0 Å². The molecule has 1 aliphatic rings. The number of carbonyl (C=O) groups is 1. The third-order valence-electron chi connectivity index (χ3n) is 4.82. The van der Waals surface area contributed by atoms with Gasteiger partial charge in [-0.05, 0) is 42.9 Å². The van der Waals surface area contributed by atoms with E-state index in [1.807, 2.05) is 24.3 Å². The van der Waals surface area contributed by atoms with Crippen molar-refractivity contribution in [3.05, 3.63) is 40.7 Å². The zero-order valence-corrected chi connectivity index (χ0v) is 17.5. The first-order valence-corrected chi connectivity index (χ1v) is 10.8. The Balaban J connectivity index is 1.55. The number of piperidine rings is 1. The molecule has 27 heavy (non-hydrogen) atoms. The lowest BCUT2D eigenvalue weighted by Gasteiger charge is -2.31. The van der Waals surface area contributed by atoms with Crippen molar-refractivity contribution in [2.24, 2.45) is 11.8 Å². The highest BCUT2D eigenvalue weighted by molar-refractivity contribution is 7.09. The lowest BCUT2D eigenvalue weighted by molar-refractivity contribution is -0.125. The van der Waals surface area contributed by atoms with Gasteiger partial charge in [0.1, 0.15) is 5.82 Å². The lowest BCUT2D eigenvalue weighted by Crippen LogP contribution is -2.43. The number of benzene rings is 1. The standard InChI is InChI=1S/C20H27ClN4OS/c1-14(2)9-10-22-19(26)16-4-3-11-25(13-16)20-23-18(24-27-20)12-15-5-7-17(21)8-6-15/h5-8,14,16H,3-4,9-13H2,1-2H3,(H,22,26). The maximum atomic E-state index is 12.4. The SMILES string of the molecule is CC(C)CCNC(=O)C1CCCN(c2nc(Cc3ccc(Cl)cc3)ns2)C1. The Kier molecular flexibility index (Phi) is 7.07. The average Bonchev–Trinajstić information content (AvgIpc) is 3.12. The van der Waals surface area contributed by atoms with Crippen molar-refractivity contribution in [2.75, 3.05) is 24.5 Å². The number of carbonyl (C=O) groups excluding carboxylic acids is 1. The van der Waals surface area contributed by atoms with Gasteiger partial charge in [-0.3, -0.25) is 4.79 Å². The van der Waals surface area contributed by atoms with E-state index in [2.05, 4.69) is 28.4 Å². The number of hydrogen-bond acceptors (Lipinski definition) is 5. The number of nitrogens with zero attached hydrogens (tertiary/aromatic N) is 3. The smallest absolute Gasteiger partial charge is 0.224 e. The summed E-state index contributed by atoms with van der Waals surface area (Å²) in [4.78, 5) is 19.4. The molecule has 0 radical (unpaired) electrons. The molecule has 0 spiro atoms. The molecule has 1 atom stereocenters. The van der Waals surface area contributed by atoms with Crippen LogP contribution in [0.3, 0.4) is 0 Å². The van der Waals surface area contributed by atoms with E-state index < -0.39 is 0 Å². The van der Waals surface area contributed by atoms with Gasteiger partial charge in [0.15, 0.2) is 0 Å². The Morgan fingerprint density at radius 1 is 1.37 bits per heavy atom. The molecule has 2 heterocycles. The Bertz CT molecular complexity index is 747. The maximum absolute atomic E-state index is 12.4. The number of halogens is 1. The average molecular weight is 407 g/mol. The van der Waals surface area contributed by atoms with Crippen molar-refractivity contribution in [1.29, 1.82) is 0 Å². The minimum atomic E-state index is 0.0366. The van der Waals surface area contributed by atoms with Crippen LogP contribution >= 0.6 is 23.1 Å². The maximum Gasteiger partial charge on any atom is 0.224 e. The van der Waals surface area contributed by atoms with E-state index in [0.29, 0.717) is 12.3 Å². The number of rotatable bonds is 7. The van der Waals surface area contributed by atoms with E-state index >= 15 is 0 Å². The fourth-order valence-electron chi connectivity index (χ4n) is 3.22. The van der Waals surface area contributed by atoms with Gasteiger partial charge in [0.25, 0.3) is 0 Å². The highest BCUT2D eigenvalue weighted by Crippen LogP contribution is 2.25. The molecule has 1 aliphatic heterocycles. The number of amides is 1. The molecule has 3 rings (SSSR count). The van der Waals surface area contributed by atoms with Gasteiger partial charge in [-0.15, -0.1) is 0 Å². The zero-order valence-electron chi connectivity index (χ0n) is 15.9. The fraction of sp³-hybridized carbons (Fsp3) is 0.550. The minimum absolute atomic E-state index is 0.0366. The van der Waals surface area contributed by atoms with Crippen molar-refractivity contribution in [3.63, 3.8) is 0 Å². The normalized spacial score (nSPS) is 17.3. The molecule has 1 aromatic heterocycles. The van der Waals surface area contributed by atoms with Crippen LogP contribution in [0.5, 0.6) is 0 Å². The minimum Gasteiger partial charge on any atom is -0.356 e. The van der Waals surface area contributed by atoms with E-state index in [-0.39, 0.29) is 11.8 Å². The second-order valence-electron chi connectivity index (χ2n) is 7.56. The second-order valence-corrected chi connectivity index (χ2v) is 8.72. The largest absolute Gasteiger partial charge is 0.356 e. The molecule has 1 N–H and O–H groups in total.